The predicted octanol–water partition coefficient (Wildman–Crippen LogP) is 2.05. The van der Waals surface area contributed by atoms with Crippen LogP contribution in [-0.4, -0.2) is 62.3 Å². The van der Waals surface area contributed by atoms with Crippen LogP contribution in [0.1, 0.15) is 32.3 Å². The Bertz CT molecular complexity index is 568. The number of rotatable bonds is 6. The van der Waals surface area contributed by atoms with Gasteiger partial charge in [0.25, 0.3) is 0 Å². The van der Waals surface area contributed by atoms with Gasteiger partial charge in [0.2, 0.25) is 5.91 Å². The minimum Gasteiger partial charge on any atom is -0.373 e. The summed E-state index contributed by atoms with van der Waals surface area (Å²) in [4.78, 5) is 16.8. The highest BCUT2D eigenvalue weighted by Crippen LogP contribution is 2.26. The third-order valence-electron chi connectivity index (χ3n) is 5.00. The molecule has 0 aromatic heterocycles. The van der Waals surface area contributed by atoms with Gasteiger partial charge < -0.3 is 15.0 Å². The first-order valence-corrected chi connectivity index (χ1v) is 9.59. The summed E-state index contributed by atoms with van der Waals surface area (Å²) in [5, 5.41) is 3.08. The zero-order valence-electron chi connectivity index (χ0n) is 15.5. The number of benzene rings is 1. The number of hydrogen-bond donors (Lipinski definition) is 1. The summed E-state index contributed by atoms with van der Waals surface area (Å²) in [6, 6.07) is 8.68. The largest absolute Gasteiger partial charge is 0.373 e. The molecule has 2 unspecified atom stereocenters. The molecule has 5 heteroatoms. The zero-order valence-corrected chi connectivity index (χ0v) is 15.5. The highest BCUT2D eigenvalue weighted by atomic mass is 16.5. The van der Waals surface area contributed by atoms with Crippen LogP contribution in [0.25, 0.3) is 0 Å². The van der Waals surface area contributed by atoms with E-state index in [0.717, 1.165) is 39.1 Å². The normalized spacial score (nSPS) is 24.0. The van der Waals surface area contributed by atoms with Crippen molar-refractivity contribution < 1.29 is 9.53 Å². The molecule has 1 amide bonds. The van der Waals surface area contributed by atoms with Crippen molar-refractivity contribution in [2.75, 3.05) is 44.2 Å². The lowest BCUT2D eigenvalue weighted by atomic mass is 10.0. The third kappa shape index (κ3) is 5.19. The molecule has 25 heavy (non-hydrogen) atoms. The maximum Gasteiger partial charge on any atom is 0.234 e. The van der Waals surface area contributed by atoms with Crippen molar-refractivity contribution in [3.8, 4) is 0 Å². The van der Waals surface area contributed by atoms with E-state index in [1.54, 1.807) is 0 Å². The van der Waals surface area contributed by atoms with Crippen LogP contribution in [0.4, 0.5) is 5.69 Å². The summed E-state index contributed by atoms with van der Waals surface area (Å²) in [5.74, 6) is 0.125. The first kappa shape index (κ1) is 18.2. The molecular weight excluding hydrogens is 314 g/mol. The van der Waals surface area contributed by atoms with Crippen LogP contribution < -0.4 is 10.2 Å². The number of nitrogens with one attached hydrogen (secondary N) is 1. The number of morpholine rings is 1. The van der Waals surface area contributed by atoms with Crippen LogP contribution in [0.2, 0.25) is 0 Å². The van der Waals surface area contributed by atoms with E-state index < -0.39 is 0 Å². The van der Waals surface area contributed by atoms with Gasteiger partial charge in [0.05, 0.1) is 18.8 Å². The quantitative estimate of drug-likeness (QED) is 0.802. The number of para-hydroxylation sites is 1. The maximum absolute atomic E-state index is 12.2. The monoisotopic (exact) mass is 345 g/mol. The third-order valence-corrected chi connectivity index (χ3v) is 5.00. The number of aryl methyl sites for hydroxylation is 1. The Kier molecular flexibility index (Phi) is 6.32. The van der Waals surface area contributed by atoms with Gasteiger partial charge in [-0.15, -0.1) is 0 Å². The van der Waals surface area contributed by atoms with E-state index >= 15 is 0 Å². The van der Waals surface area contributed by atoms with Crippen molar-refractivity contribution in [1.82, 2.24) is 10.2 Å². The molecule has 1 aromatic carbocycles. The Morgan fingerprint density at radius 1 is 1.24 bits per heavy atom. The van der Waals surface area contributed by atoms with Crippen molar-refractivity contribution in [3.05, 3.63) is 29.8 Å². The molecule has 2 atom stereocenters. The van der Waals surface area contributed by atoms with Crippen LogP contribution >= 0.6 is 0 Å². The van der Waals surface area contributed by atoms with Gasteiger partial charge in [-0.2, -0.15) is 0 Å². The SMILES string of the molecule is CC1CN(CC(=O)NCCCN2CCCc3ccccc32)CC(C)O1. The molecule has 2 heterocycles. The molecule has 0 bridgehead atoms. The molecule has 0 radical (unpaired) electrons. The van der Waals surface area contributed by atoms with Crippen molar-refractivity contribution >= 4 is 11.6 Å². The van der Waals surface area contributed by atoms with Crippen LogP contribution in [0.15, 0.2) is 24.3 Å². The first-order valence-electron chi connectivity index (χ1n) is 9.59. The number of nitrogens with zero attached hydrogens (tertiary/aromatic N) is 2. The summed E-state index contributed by atoms with van der Waals surface area (Å²) >= 11 is 0. The lowest BCUT2D eigenvalue weighted by Gasteiger charge is -2.34. The lowest BCUT2D eigenvalue weighted by Crippen LogP contribution is -2.49. The Morgan fingerprint density at radius 3 is 2.80 bits per heavy atom. The zero-order chi connectivity index (χ0) is 17.6. The summed E-state index contributed by atoms with van der Waals surface area (Å²) in [7, 11) is 0. The van der Waals surface area contributed by atoms with E-state index in [-0.39, 0.29) is 18.1 Å². The standard InChI is InChI=1S/C20H31N3O2/c1-16-13-22(14-17(2)25-16)15-20(24)21-10-6-12-23-11-5-8-18-7-3-4-9-19(18)23/h3-4,7,9,16-17H,5-6,8,10-15H2,1-2H3,(H,21,24). The van der Waals surface area contributed by atoms with Crippen molar-refractivity contribution in [3.63, 3.8) is 0 Å². The summed E-state index contributed by atoms with van der Waals surface area (Å²) < 4.78 is 5.71. The Morgan fingerprint density at radius 2 is 2.00 bits per heavy atom. The van der Waals surface area contributed by atoms with E-state index in [1.165, 1.54) is 24.1 Å². The van der Waals surface area contributed by atoms with Gasteiger partial charge in [0.15, 0.2) is 0 Å². The molecule has 2 aliphatic rings. The highest BCUT2D eigenvalue weighted by molar-refractivity contribution is 5.78. The fraction of sp³-hybridized carbons (Fsp3) is 0.650. The number of amides is 1. The second-order valence-electron chi connectivity index (χ2n) is 7.37. The number of fused-ring (bicyclic) bond motifs is 1. The molecular formula is C20H31N3O2. The fourth-order valence-electron chi connectivity index (χ4n) is 4.01. The van der Waals surface area contributed by atoms with E-state index in [2.05, 4.69) is 53.2 Å². The van der Waals surface area contributed by atoms with Gasteiger partial charge in [-0.05, 0) is 44.7 Å². The molecule has 5 nitrogen and oxygen atoms in total. The smallest absolute Gasteiger partial charge is 0.234 e. The van der Waals surface area contributed by atoms with Crippen LogP contribution in [-0.2, 0) is 16.0 Å². The molecule has 1 saturated heterocycles. The minimum atomic E-state index is 0.125. The lowest BCUT2D eigenvalue weighted by molar-refractivity contribution is -0.125. The Hall–Kier alpha value is -1.59. The Balaban J connectivity index is 1.37. The molecule has 0 aliphatic carbocycles. The maximum atomic E-state index is 12.2. The summed E-state index contributed by atoms with van der Waals surface area (Å²) in [6.45, 7) is 9.15. The number of hydrogen-bond acceptors (Lipinski definition) is 4. The van der Waals surface area contributed by atoms with E-state index in [1.807, 2.05) is 0 Å². The second kappa shape index (κ2) is 8.68. The summed E-state index contributed by atoms with van der Waals surface area (Å²) in [6.07, 6.45) is 3.79. The van der Waals surface area contributed by atoms with Gasteiger partial charge >= 0.3 is 0 Å². The highest BCUT2D eigenvalue weighted by Gasteiger charge is 2.23. The molecule has 1 fully saturated rings. The van der Waals surface area contributed by atoms with Gasteiger partial charge in [0.1, 0.15) is 0 Å². The number of anilines is 1. The van der Waals surface area contributed by atoms with E-state index in [4.69, 9.17) is 4.74 Å². The average Bonchev–Trinajstić information content (AvgIpc) is 2.58. The topological polar surface area (TPSA) is 44.8 Å². The second-order valence-corrected chi connectivity index (χ2v) is 7.37. The molecule has 2 aliphatic heterocycles. The van der Waals surface area contributed by atoms with Crippen LogP contribution in [0.3, 0.4) is 0 Å². The number of carbonyl (C=O) groups excluding carboxylic acids is 1. The predicted molar refractivity (Wildman–Crippen MR) is 101 cm³/mol. The molecule has 1 N–H and O–H groups in total. The first-order chi connectivity index (χ1) is 12.1. The van der Waals surface area contributed by atoms with Crippen molar-refractivity contribution in [1.29, 1.82) is 0 Å². The molecule has 0 saturated carbocycles. The molecule has 3 rings (SSSR count). The van der Waals surface area contributed by atoms with E-state index in [9.17, 15) is 4.79 Å². The van der Waals surface area contributed by atoms with Gasteiger partial charge in [-0.3, -0.25) is 9.69 Å². The van der Waals surface area contributed by atoms with Gasteiger partial charge in [-0.1, -0.05) is 18.2 Å². The molecule has 138 valence electrons. The molecule has 0 spiro atoms. The number of carbonyl (C=O) groups is 1. The Labute approximate surface area is 151 Å². The van der Waals surface area contributed by atoms with Gasteiger partial charge in [0, 0.05) is 38.4 Å². The van der Waals surface area contributed by atoms with Crippen LogP contribution in [0, 0.1) is 0 Å². The van der Waals surface area contributed by atoms with Gasteiger partial charge in [-0.25, -0.2) is 0 Å². The molecule has 1 aromatic rings. The fourth-order valence-corrected chi connectivity index (χ4v) is 4.01. The van der Waals surface area contributed by atoms with E-state index in [0.29, 0.717) is 6.54 Å². The minimum absolute atomic E-state index is 0.125. The van der Waals surface area contributed by atoms with Crippen molar-refractivity contribution in [2.24, 2.45) is 0 Å². The van der Waals surface area contributed by atoms with Crippen LogP contribution in [0.5, 0.6) is 0 Å². The summed E-state index contributed by atoms with van der Waals surface area (Å²) in [5.41, 5.74) is 2.82. The van der Waals surface area contributed by atoms with Crippen molar-refractivity contribution in [2.45, 2.75) is 45.3 Å². The average molecular weight is 345 g/mol. The number of ether oxygens (including phenoxy) is 1.